The number of benzene rings is 2. The van der Waals surface area contributed by atoms with E-state index in [-0.39, 0.29) is 22.4 Å². The third-order valence-electron chi connectivity index (χ3n) is 5.03. The van der Waals surface area contributed by atoms with Crippen molar-refractivity contribution in [1.82, 2.24) is 9.62 Å². The van der Waals surface area contributed by atoms with Crippen molar-refractivity contribution >= 4 is 15.9 Å². The van der Waals surface area contributed by atoms with Crippen molar-refractivity contribution in [2.75, 3.05) is 20.2 Å². The highest BCUT2D eigenvalue weighted by atomic mass is 32.2. The van der Waals surface area contributed by atoms with Crippen LogP contribution in [0.5, 0.6) is 5.75 Å². The molecule has 150 valence electrons. The van der Waals surface area contributed by atoms with Crippen molar-refractivity contribution in [3.8, 4) is 5.75 Å². The topological polar surface area (TPSA) is 75.7 Å². The van der Waals surface area contributed by atoms with Gasteiger partial charge in [0, 0.05) is 13.1 Å². The van der Waals surface area contributed by atoms with Crippen molar-refractivity contribution < 1.29 is 17.9 Å². The number of ether oxygens (including phenoxy) is 1. The SMILES string of the molecule is CCC(NC(=O)c1cc(S(=O)(=O)N2CCCC2)ccc1OC)c1ccccc1. The Balaban J connectivity index is 1.90. The van der Waals surface area contributed by atoms with Crippen LogP contribution in [0.3, 0.4) is 0 Å². The highest BCUT2D eigenvalue weighted by Crippen LogP contribution is 2.27. The molecule has 1 aliphatic rings. The first-order valence-corrected chi connectivity index (χ1v) is 11.0. The Hall–Kier alpha value is -2.38. The van der Waals surface area contributed by atoms with E-state index in [0.717, 1.165) is 18.4 Å². The van der Waals surface area contributed by atoms with E-state index in [9.17, 15) is 13.2 Å². The predicted octanol–water partition coefficient (Wildman–Crippen LogP) is 3.36. The first-order chi connectivity index (χ1) is 13.5. The van der Waals surface area contributed by atoms with Gasteiger partial charge in [0.25, 0.3) is 5.91 Å². The molecule has 1 amide bonds. The standard InChI is InChI=1S/C21H26N2O4S/c1-3-19(16-9-5-4-6-10-16)22-21(24)18-15-17(11-12-20(18)27-2)28(25,26)23-13-7-8-14-23/h4-6,9-12,15,19H,3,7-8,13-14H2,1-2H3,(H,22,24). The van der Waals surface area contributed by atoms with Gasteiger partial charge in [0.1, 0.15) is 5.75 Å². The number of hydrogen-bond acceptors (Lipinski definition) is 4. The summed E-state index contributed by atoms with van der Waals surface area (Å²) >= 11 is 0. The van der Waals surface area contributed by atoms with Crippen LogP contribution in [0.15, 0.2) is 53.4 Å². The molecule has 0 bridgehead atoms. The Morgan fingerprint density at radius 3 is 2.43 bits per heavy atom. The summed E-state index contributed by atoms with van der Waals surface area (Å²) in [6.07, 6.45) is 2.43. The second-order valence-electron chi connectivity index (χ2n) is 6.82. The van der Waals surface area contributed by atoms with Crippen LogP contribution < -0.4 is 10.1 Å². The zero-order valence-corrected chi connectivity index (χ0v) is 17.0. The Morgan fingerprint density at radius 1 is 1.14 bits per heavy atom. The molecule has 1 fully saturated rings. The maximum absolute atomic E-state index is 13.0. The maximum atomic E-state index is 13.0. The molecule has 1 saturated heterocycles. The van der Waals surface area contributed by atoms with Gasteiger partial charge in [-0.15, -0.1) is 0 Å². The smallest absolute Gasteiger partial charge is 0.255 e. The Labute approximate surface area is 166 Å². The zero-order valence-electron chi connectivity index (χ0n) is 16.2. The van der Waals surface area contributed by atoms with Gasteiger partial charge in [0.2, 0.25) is 10.0 Å². The third kappa shape index (κ3) is 4.20. The Morgan fingerprint density at radius 2 is 1.82 bits per heavy atom. The molecule has 3 rings (SSSR count). The van der Waals surface area contributed by atoms with Gasteiger partial charge in [0.05, 0.1) is 23.6 Å². The normalized spacial score (nSPS) is 15.9. The van der Waals surface area contributed by atoms with Crippen molar-refractivity contribution in [2.45, 2.75) is 37.1 Å². The van der Waals surface area contributed by atoms with Crippen LogP contribution >= 0.6 is 0 Å². The summed E-state index contributed by atoms with van der Waals surface area (Å²) < 4.78 is 32.5. The van der Waals surface area contributed by atoms with E-state index in [2.05, 4.69) is 5.32 Å². The second kappa shape index (κ2) is 8.75. The van der Waals surface area contributed by atoms with Crippen molar-refractivity contribution in [3.05, 3.63) is 59.7 Å². The molecule has 1 aliphatic heterocycles. The van der Waals surface area contributed by atoms with Crippen molar-refractivity contribution in [3.63, 3.8) is 0 Å². The lowest BCUT2D eigenvalue weighted by molar-refractivity contribution is 0.0932. The highest BCUT2D eigenvalue weighted by Gasteiger charge is 2.29. The summed E-state index contributed by atoms with van der Waals surface area (Å²) in [6, 6.07) is 14.0. The zero-order chi connectivity index (χ0) is 20.1. The molecule has 0 aromatic heterocycles. The lowest BCUT2D eigenvalue weighted by atomic mass is 10.0. The van der Waals surface area contributed by atoms with Crippen LogP contribution in [0.25, 0.3) is 0 Å². The van der Waals surface area contributed by atoms with E-state index in [0.29, 0.717) is 25.3 Å². The summed E-state index contributed by atoms with van der Waals surface area (Å²) in [6.45, 7) is 3.02. The fourth-order valence-electron chi connectivity index (χ4n) is 3.44. The summed E-state index contributed by atoms with van der Waals surface area (Å²) in [5.41, 5.74) is 1.22. The van der Waals surface area contributed by atoms with E-state index in [1.54, 1.807) is 6.07 Å². The fourth-order valence-corrected chi connectivity index (χ4v) is 4.99. The molecule has 28 heavy (non-hydrogen) atoms. The van der Waals surface area contributed by atoms with Crippen molar-refractivity contribution in [2.24, 2.45) is 0 Å². The van der Waals surface area contributed by atoms with E-state index >= 15 is 0 Å². The summed E-state index contributed by atoms with van der Waals surface area (Å²) in [4.78, 5) is 13.1. The molecule has 2 aromatic rings. The van der Waals surface area contributed by atoms with Gasteiger partial charge < -0.3 is 10.1 Å². The molecule has 1 atom stereocenters. The van der Waals surface area contributed by atoms with Crippen LogP contribution in [0.1, 0.15) is 48.1 Å². The van der Waals surface area contributed by atoms with E-state index in [1.807, 2.05) is 37.3 Å². The Bertz CT molecular complexity index is 923. The van der Waals surface area contributed by atoms with Crippen LogP contribution in [0.4, 0.5) is 0 Å². The number of nitrogens with one attached hydrogen (secondary N) is 1. The lowest BCUT2D eigenvalue weighted by Gasteiger charge is -2.20. The fraction of sp³-hybridized carbons (Fsp3) is 0.381. The number of amides is 1. The quantitative estimate of drug-likeness (QED) is 0.771. The molecular formula is C21H26N2O4S. The molecule has 6 nitrogen and oxygen atoms in total. The number of carbonyl (C=O) groups excluding carboxylic acids is 1. The van der Waals surface area contributed by atoms with Crippen LogP contribution in [0, 0.1) is 0 Å². The molecule has 7 heteroatoms. The minimum Gasteiger partial charge on any atom is -0.496 e. The molecule has 0 spiro atoms. The summed E-state index contributed by atoms with van der Waals surface area (Å²) in [5.74, 6) is -0.00758. The summed E-state index contributed by atoms with van der Waals surface area (Å²) in [7, 11) is -2.14. The molecular weight excluding hydrogens is 376 g/mol. The predicted molar refractivity (Wildman–Crippen MR) is 108 cm³/mol. The average molecular weight is 403 g/mol. The minimum atomic E-state index is -3.61. The maximum Gasteiger partial charge on any atom is 0.255 e. The van der Waals surface area contributed by atoms with Crippen molar-refractivity contribution in [1.29, 1.82) is 0 Å². The molecule has 0 saturated carbocycles. The van der Waals surface area contributed by atoms with Gasteiger partial charge in [-0.2, -0.15) is 4.31 Å². The number of carbonyl (C=O) groups is 1. The molecule has 2 aromatic carbocycles. The number of nitrogens with zero attached hydrogens (tertiary/aromatic N) is 1. The highest BCUT2D eigenvalue weighted by molar-refractivity contribution is 7.89. The van der Waals surface area contributed by atoms with Gasteiger partial charge in [-0.25, -0.2) is 8.42 Å². The Kier molecular flexibility index (Phi) is 6.36. The molecule has 1 N–H and O–H groups in total. The van der Waals surface area contributed by atoms with E-state index in [4.69, 9.17) is 4.74 Å². The number of methoxy groups -OCH3 is 1. The summed E-state index contributed by atoms with van der Waals surface area (Å²) in [5, 5.41) is 2.99. The van der Waals surface area contributed by atoms with Gasteiger partial charge in [0.15, 0.2) is 0 Å². The number of rotatable bonds is 7. The molecule has 1 unspecified atom stereocenters. The van der Waals surface area contributed by atoms with Crippen LogP contribution in [-0.4, -0.2) is 38.8 Å². The lowest BCUT2D eigenvalue weighted by Crippen LogP contribution is -2.30. The van der Waals surface area contributed by atoms with Gasteiger partial charge in [-0.05, 0) is 43.0 Å². The van der Waals surface area contributed by atoms with E-state index in [1.165, 1.54) is 23.5 Å². The molecule has 0 radical (unpaired) electrons. The van der Waals surface area contributed by atoms with Gasteiger partial charge >= 0.3 is 0 Å². The molecule has 0 aliphatic carbocycles. The first-order valence-electron chi connectivity index (χ1n) is 9.51. The van der Waals surface area contributed by atoms with Gasteiger partial charge in [-0.1, -0.05) is 37.3 Å². The number of sulfonamides is 1. The average Bonchev–Trinajstić information content (AvgIpc) is 3.27. The second-order valence-corrected chi connectivity index (χ2v) is 8.76. The monoisotopic (exact) mass is 402 g/mol. The van der Waals surface area contributed by atoms with E-state index < -0.39 is 10.0 Å². The number of hydrogen-bond donors (Lipinski definition) is 1. The first kappa shape index (κ1) is 20.4. The van der Waals surface area contributed by atoms with Gasteiger partial charge in [-0.3, -0.25) is 4.79 Å². The molecule has 1 heterocycles. The largest absolute Gasteiger partial charge is 0.496 e. The minimum absolute atomic E-state index is 0.119. The van der Waals surface area contributed by atoms with Crippen LogP contribution in [-0.2, 0) is 10.0 Å². The van der Waals surface area contributed by atoms with Crippen LogP contribution in [0.2, 0.25) is 0 Å². The third-order valence-corrected chi connectivity index (χ3v) is 6.93.